The van der Waals surface area contributed by atoms with Gasteiger partial charge in [-0.2, -0.15) is 0 Å². The molecule has 0 aromatic rings. The van der Waals surface area contributed by atoms with E-state index < -0.39 is 18.0 Å². The molecule has 0 spiro atoms. The van der Waals surface area contributed by atoms with Gasteiger partial charge in [0.15, 0.2) is 0 Å². The van der Waals surface area contributed by atoms with Gasteiger partial charge in [-0.1, -0.05) is 26.0 Å². The van der Waals surface area contributed by atoms with Crippen LogP contribution in [0.5, 0.6) is 0 Å². The Morgan fingerprint density at radius 3 is 2.44 bits per heavy atom. The van der Waals surface area contributed by atoms with E-state index in [0.717, 1.165) is 6.42 Å². The zero-order valence-electron chi connectivity index (χ0n) is 9.99. The van der Waals surface area contributed by atoms with Gasteiger partial charge in [0.05, 0.1) is 0 Å². The first-order valence-electron chi connectivity index (χ1n) is 5.37. The minimum Gasteiger partial charge on any atom is -0.480 e. The quantitative estimate of drug-likeness (QED) is 0.474. The molecule has 0 heterocycles. The Morgan fingerprint density at radius 1 is 1.38 bits per heavy atom. The lowest BCUT2D eigenvalue weighted by molar-refractivity contribution is -0.140. The normalized spacial score (nSPS) is 12.8. The van der Waals surface area contributed by atoms with Crippen LogP contribution in [0.3, 0.4) is 0 Å². The second kappa shape index (κ2) is 7.73. The number of hydrogen-bond acceptors (Lipinski definition) is 2. The lowest BCUT2D eigenvalue weighted by atomic mass is 10.1. The monoisotopic (exact) mass is 228 g/mol. The van der Waals surface area contributed by atoms with E-state index in [1.807, 2.05) is 19.1 Å². The summed E-state index contributed by atoms with van der Waals surface area (Å²) in [5.74, 6) is -1.16. The Morgan fingerprint density at radius 2 is 2.00 bits per heavy atom. The van der Waals surface area contributed by atoms with E-state index in [-0.39, 0.29) is 5.92 Å². The van der Waals surface area contributed by atoms with Gasteiger partial charge >= 0.3 is 12.0 Å². The molecule has 0 aromatic heterocycles. The first kappa shape index (κ1) is 14.5. The van der Waals surface area contributed by atoms with Gasteiger partial charge in [-0.25, -0.2) is 9.59 Å². The molecule has 92 valence electrons. The van der Waals surface area contributed by atoms with Gasteiger partial charge in [0.25, 0.3) is 0 Å². The van der Waals surface area contributed by atoms with Crippen LogP contribution < -0.4 is 10.6 Å². The van der Waals surface area contributed by atoms with Crippen molar-refractivity contribution in [1.29, 1.82) is 0 Å². The predicted octanol–water partition coefficient (Wildman–Crippen LogP) is 1.36. The second-order valence-electron chi connectivity index (χ2n) is 3.82. The van der Waals surface area contributed by atoms with Crippen LogP contribution >= 0.6 is 0 Å². The largest absolute Gasteiger partial charge is 0.480 e. The zero-order chi connectivity index (χ0) is 12.6. The maximum Gasteiger partial charge on any atom is 0.326 e. The summed E-state index contributed by atoms with van der Waals surface area (Å²) in [7, 11) is 0. The number of carboxylic acid groups (broad SMARTS) is 1. The van der Waals surface area contributed by atoms with E-state index in [2.05, 4.69) is 10.6 Å². The summed E-state index contributed by atoms with van der Waals surface area (Å²) < 4.78 is 0. The molecule has 0 bridgehead atoms. The molecule has 0 radical (unpaired) electrons. The number of carboxylic acids is 1. The van der Waals surface area contributed by atoms with Gasteiger partial charge in [0.1, 0.15) is 6.04 Å². The Labute approximate surface area is 95.9 Å². The number of carbonyl (C=O) groups is 2. The maximum absolute atomic E-state index is 11.3. The first-order chi connectivity index (χ1) is 7.49. The highest BCUT2D eigenvalue weighted by atomic mass is 16.4. The van der Waals surface area contributed by atoms with Crippen molar-refractivity contribution in [2.75, 3.05) is 6.54 Å². The smallest absolute Gasteiger partial charge is 0.326 e. The summed E-state index contributed by atoms with van der Waals surface area (Å²) in [6.07, 6.45) is 4.56. The molecule has 1 atom stereocenters. The number of amides is 2. The fraction of sp³-hybridized carbons (Fsp3) is 0.636. The van der Waals surface area contributed by atoms with E-state index in [1.165, 1.54) is 0 Å². The third-order valence-electron chi connectivity index (χ3n) is 2.05. The van der Waals surface area contributed by atoms with E-state index >= 15 is 0 Å². The third-order valence-corrected chi connectivity index (χ3v) is 2.05. The van der Waals surface area contributed by atoms with Crippen LogP contribution in [-0.4, -0.2) is 29.7 Å². The molecular formula is C11H20N2O3. The molecule has 2 amide bonds. The zero-order valence-corrected chi connectivity index (χ0v) is 9.99. The number of urea groups is 1. The number of allylic oxidation sites excluding steroid dienone is 1. The average Bonchev–Trinajstić information content (AvgIpc) is 2.20. The molecule has 0 rings (SSSR count). The number of rotatable bonds is 6. The van der Waals surface area contributed by atoms with Crippen molar-refractivity contribution >= 4 is 12.0 Å². The van der Waals surface area contributed by atoms with Gasteiger partial charge in [-0.05, 0) is 19.3 Å². The summed E-state index contributed by atoms with van der Waals surface area (Å²) in [6, 6.07) is -1.28. The van der Waals surface area contributed by atoms with Crippen molar-refractivity contribution < 1.29 is 14.7 Å². The lowest BCUT2D eigenvalue weighted by Crippen LogP contribution is -2.48. The topological polar surface area (TPSA) is 78.4 Å². The highest BCUT2D eigenvalue weighted by molar-refractivity contribution is 5.82. The van der Waals surface area contributed by atoms with Gasteiger partial charge in [-0.3, -0.25) is 0 Å². The number of aliphatic carboxylic acids is 1. The number of carbonyl (C=O) groups excluding carboxylic acids is 1. The molecule has 0 saturated carbocycles. The van der Waals surface area contributed by atoms with E-state index in [4.69, 9.17) is 5.11 Å². The molecule has 0 aromatic carbocycles. The number of hydrogen-bond donors (Lipinski definition) is 3. The van der Waals surface area contributed by atoms with Gasteiger partial charge < -0.3 is 15.7 Å². The van der Waals surface area contributed by atoms with Gasteiger partial charge in [0.2, 0.25) is 0 Å². The van der Waals surface area contributed by atoms with Crippen LogP contribution in [0.25, 0.3) is 0 Å². The fourth-order valence-electron chi connectivity index (χ4n) is 1.14. The Balaban J connectivity index is 3.96. The van der Waals surface area contributed by atoms with Crippen molar-refractivity contribution in [1.82, 2.24) is 10.6 Å². The fourth-order valence-corrected chi connectivity index (χ4v) is 1.14. The average molecular weight is 228 g/mol. The van der Waals surface area contributed by atoms with Crippen molar-refractivity contribution in [2.24, 2.45) is 5.92 Å². The van der Waals surface area contributed by atoms with Gasteiger partial charge in [0, 0.05) is 6.54 Å². The van der Waals surface area contributed by atoms with Crippen LogP contribution in [0, 0.1) is 5.92 Å². The Bertz CT molecular complexity index is 262. The summed E-state index contributed by atoms with van der Waals surface area (Å²) in [5.41, 5.74) is 0. The van der Waals surface area contributed by atoms with Crippen molar-refractivity contribution in [3.8, 4) is 0 Å². The minimum atomic E-state index is -1.02. The molecular weight excluding hydrogens is 208 g/mol. The highest BCUT2D eigenvalue weighted by Gasteiger charge is 2.22. The van der Waals surface area contributed by atoms with E-state index in [0.29, 0.717) is 6.54 Å². The molecule has 0 fully saturated rings. The van der Waals surface area contributed by atoms with Crippen molar-refractivity contribution in [2.45, 2.75) is 33.2 Å². The highest BCUT2D eigenvalue weighted by Crippen LogP contribution is 2.01. The van der Waals surface area contributed by atoms with E-state index in [9.17, 15) is 9.59 Å². The molecule has 0 aliphatic rings. The molecule has 0 unspecified atom stereocenters. The van der Waals surface area contributed by atoms with Crippen LogP contribution in [0.2, 0.25) is 0 Å². The summed E-state index contributed by atoms with van der Waals surface area (Å²) in [6.45, 7) is 5.90. The second-order valence-corrected chi connectivity index (χ2v) is 3.82. The van der Waals surface area contributed by atoms with Gasteiger partial charge in [-0.15, -0.1) is 0 Å². The Kier molecular flexibility index (Phi) is 7.00. The van der Waals surface area contributed by atoms with Crippen LogP contribution in [0.4, 0.5) is 4.79 Å². The molecule has 5 heteroatoms. The predicted molar refractivity (Wildman–Crippen MR) is 62.2 cm³/mol. The standard InChI is InChI=1S/C11H20N2O3/c1-4-5-6-7-12-11(16)13-9(8(2)3)10(14)15/h4-5,8-9H,6-7H2,1-3H3,(H,14,15)(H2,12,13,16)/b5-4+/t9-/m1/s1. The van der Waals surface area contributed by atoms with Crippen molar-refractivity contribution in [3.05, 3.63) is 12.2 Å². The molecule has 0 saturated heterocycles. The van der Waals surface area contributed by atoms with Crippen LogP contribution in [0.15, 0.2) is 12.2 Å². The molecule has 3 N–H and O–H groups in total. The molecule has 16 heavy (non-hydrogen) atoms. The first-order valence-corrected chi connectivity index (χ1v) is 5.37. The van der Waals surface area contributed by atoms with E-state index in [1.54, 1.807) is 13.8 Å². The summed E-state index contributed by atoms with van der Waals surface area (Å²) in [4.78, 5) is 22.1. The Hall–Kier alpha value is -1.52. The maximum atomic E-state index is 11.3. The molecule has 0 aliphatic carbocycles. The van der Waals surface area contributed by atoms with Crippen molar-refractivity contribution in [3.63, 3.8) is 0 Å². The van der Waals surface area contributed by atoms with Crippen LogP contribution in [0.1, 0.15) is 27.2 Å². The lowest BCUT2D eigenvalue weighted by Gasteiger charge is -2.18. The summed E-state index contributed by atoms with van der Waals surface area (Å²) >= 11 is 0. The van der Waals surface area contributed by atoms with Crippen LogP contribution in [-0.2, 0) is 4.79 Å². The molecule has 5 nitrogen and oxygen atoms in total. The molecule has 0 aliphatic heterocycles. The number of nitrogens with one attached hydrogen (secondary N) is 2. The summed E-state index contributed by atoms with van der Waals surface area (Å²) in [5, 5.41) is 13.9. The SMILES string of the molecule is C/C=C/CCNC(=O)N[C@@H](C(=O)O)C(C)C. The minimum absolute atomic E-state index is 0.140. The third kappa shape index (κ3) is 6.06.